The van der Waals surface area contributed by atoms with Crippen molar-refractivity contribution < 1.29 is 23.8 Å². The number of carbonyl (C=O) groups is 2. The first-order chi connectivity index (χ1) is 15.7. The summed E-state index contributed by atoms with van der Waals surface area (Å²) in [6, 6.07) is 9.42. The lowest BCUT2D eigenvalue weighted by Gasteiger charge is -2.30. The van der Waals surface area contributed by atoms with Crippen molar-refractivity contribution in [1.29, 1.82) is 0 Å². The van der Waals surface area contributed by atoms with Crippen LogP contribution in [0, 0.1) is 0 Å². The second-order valence-electron chi connectivity index (χ2n) is 8.96. The zero-order chi connectivity index (χ0) is 23.8. The molecule has 0 fully saturated rings. The van der Waals surface area contributed by atoms with E-state index in [2.05, 4.69) is 5.32 Å². The largest absolute Gasteiger partial charge is 0.454 e. The van der Waals surface area contributed by atoms with E-state index in [0.717, 1.165) is 10.4 Å². The number of nitrogens with zero attached hydrogens (tertiary/aromatic N) is 2. The van der Waals surface area contributed by atoms with Crippen molar-refractivity contribution in [3.63, 3.8) is 0 Å². The Bertz CT molecular complexity index is 927. The van der Waals surface area contributed by atoms with Crippen LogP contribution in [0.15, 0.2) is 35.7 Å². The Balaban J connectivity index is 1.75. The Labute approximate surface area is 199 Å². The van der Waals surface area contributed by atoms with Gasteiger partial charge in [0.05, 0.1) is 6.54 Å². The van der Waals surface area contributed by atoms with Gasteiger partial charge in [0.25, 0.3) is 0 Å². The number of hydrogen-bond donors (Lipinski definition) is 1. The maximum absolute atomic E-state index is 13.4. The molecule has 1 aliphatic rings. The van der Waals surface area contributed by atoms with Crippen molar-refractivity contribution in [2.75, 3.05) is 33.6 Å². The van der Waals surface area contributed by atoms with Crippen LogP contribution >= 0.6 is 11.3 Å². The summed E-state index contributed by atoms with van der Waals surface area (Å²) < 4.78 is 16.0. The molecule has 1 aromatic heterocycles. The molecular weight excluding hydrogens is 442 g/mol. The highest BCUT2D eigenvalue weighted by atomic mass is 32.1. The van der Waals surface area contributed by atoms with Crippen LogP contribution < -0.4 is 14.8 Å². The van der Waals surface area contributed by atoms with Crippen LogP contribution in [-0.2, 0) is 22.6 Å². The zero-order valence-corrected chi connectivity index (χ0v) is 20.6. The lowest BCUT2D eigenvalue weighted by atomic mass is 10.1. The fourth-order valence-electron chi connectivity index (χ4n) is 3.40. The van der Waals surface area contributed by atoms with Gasteiger partial charge < -0.3 is 29.3 Å². The van der Waals surface area contributed by atoms with E-state index in [4.69, 9.17) is 14.2 Å². The standard InChI is InChI=1S/C24H33N3O5S/c1-24(2,3)25-23(29)26(10-6-11-30-4)16-22(28)27(15-19-7-5-12-33-19)14-18-8-9-20-21(13-18)32-17-31-20/h5,7-9,12-13H,6,10-11,14-17H2,1-4H3,(H,25,29). The molecule has 0 atom stereocenters. The molecule has 8 nitrogen and oxygen atoms in total. The van der Waals surface area contributed by atoms with Gasteiger partial charge in [0.15, 0.2) is 11.5 Å². The van der Waals surface area contributed by atoms with E-state index in [0.29, 0.717) is 44.2 Å². The fourth-order valence-corrected chi connectivity index (χ4v) is 4.12. The number of amides is 3. The summed E-state index contributed by atoms with van der Waals surface area (Å²) in [5, 5.41) is 4.95. The van der Waals surface area contributed by atoms with Crippen LogP contribution in [0.4, 0.5) is 4.79 Å². The molecule has 0 aliphatic carbocycles. The summed E-state index contributed by atoms with van der Waals surface area (Å²) in [4.78, 5) is 30.7. The Kier molecular flexibility index (Phi) is 8.57. The zero-order valence-electron chi connectivity index (χ0n) is 19.8. The average molecular weight is 476 g/mol. The monoisotopic (exact) mass is 475 g/mol. The maximum Gasteiger partial charge on any atom is 0.318 e. The highest BCUT2D eigenvalue weighted by Gasteiger charge is 2.25. The molecular formula is C24H33N3O5S. The highest BCUT2D eigenvalue weighted by Crippen LogP contribution is 2.33. The second kappa shape index (κ2) is 11.4. The Morgan fingerprint density at radius 1 is 1.12 bits per heavy atom. The molecule has 180 valence electrons. The second-order valence-corrected chi connectivity index (χ2v) is 10.00. The predicted molar refractivity (Wildman–Crippen MR) is 127 cm³/mol. The average Bonchev–Trinajstić information content (AvgIpc) is 3.42. The van der Waals surface area contributed by atoms with E-state index >= 15 is 0 Å². The molecule has 0 radical (unpaired) electrons. The number of fused-ring (bicyclic) bond motifs is 1. The van der Waals surface area contributed by atoms with Crippen LogP contribution in [-0.4, -0.2) is 60.9 Å². The van der Waals surface area contributed by atoms with E-state index in [1.54, 1.807) is 28.2 Å². The molecule has 2 aromatic rings. The number of thiophene rings is 1. The van der Waals surface area contributed by atoms with Crippen molar-refractivity contribution in [2.24, 2.45) is 0 Å². The minimum absolute atomic E-state index is 0.0123. The maximum atomic E-state index is 13.4. The molecule has 3 amide bonds. The summed E-state index contributed by atoms with van der Waals surface area (Å²) in [5.74, 6) is 1.27. The third kappa shape index (κ3) is 7.64. The Morgan fingerprint density at radius 3 is 2.61 bits per heavy atom. The first-order valence-electron chi connectivity index (χ1n) is 11.0. The van der Waals surface area contributed by atoms with E-state index in [1.807, 2.05) is 56.5 Å². The number of methoxy groups -OCH3 is 1. The van der Waals surface area contributed by atoms with E-state index in [1.165, 1.54) is 0 Å². The van der Waals surface area contributed by atoms with Crippen molar-refractivity contribution in [3.05, 3.63) is 46.2 Å². The third-order valence-corrected chi connectivity index (χ3v) is 5.82. The highest BCUT2D eigenvalue weighted by molar-refractivity contribution is 7.09. The first kappa shape index (κ1) is 24.9. The number of urea groups is 1. The van der Waals surface area contributed by atoms with Crippen molar-refractivity contribution in [3.8, 4) is 11.5 Å². The molecule has 0 saturated carbocycles. The van der Waals surface area contributed by atoms with Gasteiger partial charge in [-0.25, -0.2) is 4.79 Å². The van der Waals surface area contributed by atoms with Crippen molar-refractivity contribution >= 4 is 23.3 Å². The quantitative estimate of drug-likeness (QED) is 0.528. The molecule has 1 N–H and O–H groups in total. The van der Waals surface area contributed by atoms with Gasteiger partial charge in [-0.3, -0.25) is 4.79 Å². The normalized spacial score (nSPS) is 12.5. The number of carbonyl (C=O) groups excluding carboxylic acids is 2. The molecule has 9 heteroatoms. The van der Waals surface area contributed by atoms with E-state index in [-0.39, 0.29) is 25.3 Å². The van der Waals surface area contributed by atoms with Gasteiger partial charge in [-0.1, -0.05) is 12.1 Å². The van der Waals surface area contributed by atoms with Crippen LogP contribution in [0.1, 0.15) is 37.6 Å². The SMILES string of the molecule is COCCCN(CC(=O)N(Cc1ccc2c(c1)OCO2)Cc1cccs1)C(=O)NC(C)(C)C. The molecule has 2 heterocycles. The molecule has 0 spiro atoms. The lowest BCUT2D eigenvalue weighted by Crippen LogP contribution is -2.51. The number of benzene rings is 1. The number of nitrogens with one attached hydrogen (secondary N) is 1. The minimum atomic E-state index is -0.400. The van der Waals surface area contributed by atoms with Crippen molar-refractivity contribution in [1.82, 2.24) is 15.1 Å². The van der Waals surface area contributed by atoms with Gasteiger partial charge in [0, 0.05) is 37.2 Å². The Morgan fingerprint density at radius 2 is 1.91 bits per heavy atom. The fraction of sp³-hybridized carbons (Fsp3) is 0.500. The topological polar surface area (TPSA) is 80.3 Å². The van der Waals surface area contributed by atoms with Crippen LogP contribution in [0.2, 0.25) is 0 Å². The summed E-state index contributed by atoms with van der Waals surface area (Å²) >= 11 is 1.60. The first-order valence-corrected chi connectivity index (χ1v) is 11.9. The molecule has 33 heavy (non-hydrogen) atoms. The molecule has 0 saturated heterocycles. The van der Waals surface area contributed by atoms with E-state index < -0.39 is 5.54 Å². The summed E-state index contributed by atoms with van der Waals surface area (Å²) in [5.41, 5.74) is 0.539. The van der Waals surface area contributed by atoms with Gasteiger partial charge in [-0.15, -0.1) is 11.3 Å². The van der Waals surface area contributed by atoms with Gasteiger partial charge in [0.1, 0.15) is 6.54 Å². The van der Waals surface area contributed by atoms with Gasteiger partial charge >= 0.3 is 6.03 Å². The van der Waals surface area contributed by atoms with Gasteiger partial charge in [-0.2, -0.15) is 0 Å². The molecule has 1 aromatic carbocycles. The van der Waals surface area contributed by atoms with Crippen molar-refractivity contribution in [2.45, 2.75) is 45.8 Å². The van der Waals surface area contributed by atoms with Gasteiger partial charge in [-0.05, 0) is 56.3 Å². The molecule has 1 aliphatic heterocycles. The smallest absolute Gasteiger partial charge is 0.318 e. The van der Waals surface area contributed by atoms with Crippen LogP contribution in [0.3, 0.4) is 0 Å². The van der Waals surface area contributed by atoms with E-state index in [9.17, 15) is 9.59 Å². The predicted octanol–water partition coefficient (Wildman–Crippen LogP) is 3.85. The van der Waals surface area contributed by atoms with Crippen LogP contribution in [0.5, 0.6) is 11.5 Å². The summed E-state index contributed by atoms with van der Waals surface area (Å²) in [6.07, 6.45) is 0.647. The third-order valence-electron chi connectivity index (χ3n) is 4.96. The van der Waals surface area contributed by atoms with Crippen LogP contribution in [0.25, 0.3) is 0 Å². The Hall–Kier alpha value is -2.78. The van der Waals surface area contributed by atoms with Gasteiger partial charge in [0.2, 0.25) is 12.7 Å². The summed E-state index contributed by atoms with van der Waals surface area (Å²) in [6.45, 7) is 7.77. The number of ether oxygens (including phenoxy) is 3. The lowest BCUT2D eigenvalue weighted by molar-refractivity contribution is -0.133. The molecule has 0 bridgehead atoms. The molecule has 0 unspecified atom stereocenters. The number of hydrogen-bond acceptors (Lipinski definition) is 6. The molecule has 3 rings (SSSR count). The summed E-state index contributed by atoms with van der Waals surface area (Å²) in [7, 11) is 1.62. The minimum Gasteiger partial charge on any atom is -0.454 e. The number of rotatable bonds is 10.